The van der Waals surface area contributed by atoms with E-state index in [1.807, 2.05) is 0 Å². The Morgan fingerprint density at radius 1 is 1.69 bits per heavy atom. The number of carbonyl (C=O) groups excluding carboxylic acids is 1. The number of methoxy groups -OCH3 is 1. The van der Waals surface area contributed by atoms with E-state index >= 15 is 0 Å². The molecule has 0 spiro atoms. The summed E-state index contributed by atoms with van der Waals surface area (Å²) in [6, 6.07) is 0. The third kappa shape index (κ3) is 1.37. The van der Waals surface area contributed by atoms with Gasteiger partial charge in [0.05, 0.1) is 25.2 Å². The topological polar surface area (TPSA) is 35.5 Å². The van der Waals surface area contributed by atoms with Crippen LogP contribution in [-0.2, 0) is 14.3 Å². The lowest BCUT2D eigenvalue weighted by molar-refractivity contribution is -0.147. The van der Waals surface area contributed by atoms with Crippen LogP contribution in [-0.4, -0.2) is 25.3 Å². The van der Waals surface area contributed by atoms with Crippen LogP contribution in [0.4, 0.5) is 0 Å². The van der Waals surface area contributed by atoms with Gasteiger partial charge in [-0.1, -0.05) is 6.08 Å². The SMILES string of the molecule is COC(=O)[C@@H]1C[C@H]2O[C@@H]1CC=C2C. The van der Waals surface area contributed by atoms with E-state index in [9.17, 15) is 4.79 Å². The number of carbonyl (C=O) groups is 1. The van der Waals surface area contributed by atoms with Crippen molar-refractivity contribution < 1.29 is 14.3 Å². The first kappa shape index (κ1) is 8.75. The van der Waals surface area contributed by atoms with Crippen molar-refractivity contribution in [2.75, 3.05) is 7.11 Å². The molecule has 3 atom stereocenters. The lowest BCUT2D eigenvalue weighted by atomic mass is 9.99. The van der Waals surface area contributed by atoms with Gasteiger partial charge in [0.1, 0.15) is 0 Å². The highest BCUT2D eigenvalue weighted by atomic mass is 16.5. The summed E-state index contributed by atoms with van der Waals surface area (Å²) >= 11 is 0. The summed E-state index contributed by atoms with van der Waals surface area (Å²) in [4.78, 5) is 11.3. The molecule has 0 amide bonds. The average molecular weight is 182 g/mol. The highest BCUT2D eigenvalue weighted by Crippen LogP contribution is 2.37. The van der Waals surface area contributed by atoms with Crippen molar-refractivity contribution in [1.29, 1.82) is 0 Å². The van der Waals surface area contributed by atoms with Crippen LogP contribution in [0.15, 0.2) is 11.6 Å². The molecule has 3 nitrogen and oxygen atoms in total. The van der Waals surface area contributed by atoms with Crippen LogP contribution >= 0.6 is 0 Å². The van der Waals surface area contributed by atoms with Gasteiger partial charge in [0.15, 0.2) is 0 Å². The maximum atomic E-state index is 11.3. The summed E-state index contributed by atoms with van der Waals surface area (Å²) in [6.07, 6.45) is 4.02. The first-order valence-corrected chi connectivity index (χ1v) is 4.62. The number of rotatable bonds is 1. The van der Waals surface area contributed by atoms with Crippen molar-refractivity contribution in [2.45, 2.75) is 32.0 Å². The molecule has 0 aromatic heterocycles. The van der Waals surface area contributed by atoms with Gasteiger partial charge in [0.2, 0.25) is 0 Å². The van der Waals surface area contributed by atoms with Gasteiger partial charge in [0, 0.05) is 0 Å². The maximum Gasteiger partial charge on any atom is 0.311 e. The molecule has 0 saturated carbocycles. The Labute approximate surface area is 77.7 Å². The number of fused-ring (bicyclic) bond motifs is 2. The smallest absolute Gasteiger partial charge is 0.311 e. The fraction of sp³-hybridized carbons (Fsp3) is 0.700. The van der Waals surface area contributed by atoms with Crippen LogP contribution in [0.25, 0.3) is 0 Å². The minimum atomic E-state index is -0.129. The summed E-state index contributed by atoms with van der Waals surface area (Å²) in [7, 11) is 1.44. The molecule has 0 aromatic carbocycles. The Balaban J connectivity index is 2.11. The third-order valence-electron chi connectivity index (χ3n) is 2.94. The summed E-state index contributed by atoms with van der Waals surface area (Å²) in [6.45, 7) is 2.06. The molecule has 13 heavy (non-hydrogen) atoms. The monoisotopic (exact) mass is 182 g/mol. The van der Waals surface area contributed by atoms with Crippen molar-refractivity contribution in [3.8, 4) is 0 Å². The summed E-state index contributed by atoms with van der Waals surface area (Å²) in [5.74, 6) is -0.181. The maximum absolute atomic E-state index is 11.3. The summed E-state index contributed by atoms with van der Waals surface area (Å²) in [5.41, 5.74) is 1.25. The van der Waals surface area contributed by atoms with E-state index in [4.69, 9.17) is 9.47 Å². The van der Waals surface area contributed by atoms with Crippen LogP contribution in [0.1, 0.15) is 19.8 Å². The Morgan fingerprint density at radius 3 is 3.08 bits per heavy atom. The largest absolute Gasteiger partial charge is 0.469 e. The second kappa shape index (κ2) is 3.14. The van der Waals surface area contributed by atoms with E-state index in [0.29, 0.717) is 0 Å². The molecule has 2 bridgehead atoms. The number of ether oxygens (including phenoxy) is 2. The van der Waals surface area contributed by atoms with E-state index in [0.717, 1.165) is 12.8 Å². The predicted molar refractivity (Wildman–Crippen MR) is 47.2 cm³/mol. The second-order valence-corrected chi connectivity index (χ2v) is 3.71. The van der Waals surface area contributed by atoms with E-state index in [-0.39, 0.29) is 24.1 Å². The van der Waals surface area contributed by atoms with E-state index < -0.39 is 0 Å². The molecule has 1 fully saturated rings. The van der Waals surface area contributed by atoms with Crippen molar-refractivity contribution in [2.24, 2.45) is 5.92 Å². The van der Waals surface area contributed by atoms with E-state index in [2.05, 4.69) is 13.0 Å². The van der Waals surface area contributed by atoms with Gasteiger partial charge in [-0.05, 0) is 25.3 Å². The first-order chi connectivity index (χ1) is 6.22. The van der Waals surface area contributed by atoms with Crippen LogP contribution in [0.3, 0.4) is 0 Å². The van der Waals surface area contributed by atoms with Gasteiger partial charge in [-0.25, -0.2) is 0 Å². The molecular weight excluding hydrogens is 168 g/mol. The zero-order valence-electron chi connectivity index (χ0n) is 7.95. The van der Waals surface area contributed by atoms with Gasteiger partial charge in [-0.3, -0.25) is 4.79 Å². The molecule has 2 aliphatic heterocycles. The first-order valence-electron chi connectivity index (χ1n) is 4.62. The van der Waals surface area contributed by atoms with Crippen molar-refractivity contribution in [3.63, 3.8) is 0 Å². The Morgan fingerprint density at radius 2 is 2.46 bits per heavy atom. The third-order valence-corrected chi connectivity index (χ3v) is 2.94. The standard InChI is InChI=1S/C10H14O3/c1-6-3-4-8-7(10(11)12-2)5-9(6)13-8/h3,7-9H,4-5H2,1-2H3/t7-,8-,9-/m1/s1. The highest BCUT2D eigenvalue weighted by molar-refractivity contribution is 5.73. The van der Waals surface area contributed by atoms with Crippen LogP contribution in [0, 0.1) is 5.92 Å². The Hall–Kier alpha value is -0.830. The molecular formula is C10H14O3. The fourth-order valence-electron chi connectivity index (χ4n) is 2.09. The highest BCUT2D eigenvalue weighted by Gasteiger charge is 2.42. The van der Waals surface area contributed by atoms with Gasteiger partial charge in [-0.2, -0.15) is 0 Å². The lowest BCUT2D eigenvalue weighted by Crippen LogP contribution is -2.25. The van der Waals surface area contributed by atoms with E-state index in [1.54, 1.807) is 0 Å². The molecule has 72 valence electrons. The molecule has 0 aliphatic carbocycles. The number of hydrogen-bond donors (Lipinski definition) is 0. The van der Waals surface area contributed by atoms with Crippen LogP contribution in [0.5, 0.6) is 0 Å². The van der Waals surface area contributed by atoms with Crippen LogP contribution in [0.2, 0.25) is 0 Å². The zero-order chi connectivity index (χ0) is 9.42. The second-order valence-electron chi connectivity index (χ2n) is 3.71. The fourth-order valence-corrected chi connectivity index (χ4v) is 2.09. The summed E-state index contributed by atoms with van der Waals surface area (Å²) in [5, 5.41) is 0. The van der Waals surface area contributed by atoms with Gasteiger partial charge in [0.25, 0.3) is 0 Å². The Bertz CT molecular complexity index is 257. The molecule has 2 rings (SSSR count). The quantitative estimate of drug-likeness (QED) is 0.452. The molecule has 0 N–H and O–H groups in total. The molecule has 1 saturated heterocycles. The van der Waals surface area contributed by atoms with Gasteiger partial charge < -0.3 is 9.47 Å². The number of hydrogen-bond acceptors (Lipinski definition) is 3. The molecule has 2 heterocycles. The average Bonchev–Trinajstić information content (AvgIpc) is 2.50. The van der Waals surface area contributed by atoms with E-state index in [1.165, 1.54) is 12.7 Å². The molecule has 0 unspecified atom stereocenters. The molecule has 0 aromatic rings. The molecule has 2 aliphatic rings. The van der Waals surface area contributed by atoms with Gasteiger partial charge in [-0.15, -0.1) is 0 Å². The van der Waals surface area contributed by atoms with Crippen LogP contribution < -0.4 is 0 Å². The van der Waals surface area contributed by atoms with Gasteiger partial charge >= 0.3 is 5.97 Å². The summed E-state index contributed by atoms with van der Waals surface area (Å²) < 4.78 is 10.4. The molecule has 0 radical (unpaired) electrons. The predicted octanol–water partition coefficient (Wildman–Crippen LogP) is 1.28. The zero-order valence-corrected chi connectivity index (χ0v) is 7.95. The molecule has 3 heteroatoms. The van der Waals surface area contributed by atoms with Crippen molar-refractivity contribution in [3.05, 3.63) is 11.6 Å². The Kier molecular flexibility index (Phi) is 2.12. The normalized spacial score (nSPS) is 37.1. The lowest BCUT2D eigenvalue weighted by Gasteiger charge is -2.19. The minimum Gasteiger partial charge on any atom is -0.469 e. The van der Waals surface area contributed by atoms with Crippen molar-refractivity contribution in [1.82, 2.24) is 0 Å². The minimum absolute atomic E-state index is 0.0521. The van der Waals surface area contributed by atoms with Crippen molar-refractivity contribution >= 4 is 5.97 Å². The number of esters is 1.